The minimum Gasteiger partial charge on any atom is -0.313 e. The first-order chi connectivity index (χ1) is 28.8. The van der Waals surface area contributed by atoms with E-state index in [9.17, 15) is 0 Å². The van der Waals surface area contributed by atoms with Gasteiger partial charge in [-0.1, -0.05) is 109 Å². The number of benzene rings is 8. The van der Waals surface area contributed by atoms with Gasteiger partial charge < -0.3 is 18.3 Å². The quantitative estimate of drug-likeness (QED) is 0.171. The van der Waals surface area contributed by atoms with Gasteiger partial charge in [0, 0.05) is 71.7 Å². The zero-order chi connectivity index (χ0) is 37.9. The molecule has 4 heteroatoms. The topological polar surface area (TPSA) is 19.7 Å². The van der Waals surface area contributed by atoms with Crippen molar-refractivity contribution in [3.8, 4) is 22.7 Å². The van der Waals surface area contributed by atoms with E-state index in [-0.39, 0.29) is 0 Å². The molecular weight excluding hydrogens is 705 g/mol. The summed E-state index contributed by atoms with van der Waals surface area (Å²) in [7, 11) is 0. The van der Waals surface area contributed by atoms with Gasteiger partial charge in [0.1, 0.15) is 0 Å². The van der Waals surface area contributed by atoms with Gasteiger partial charge in [-0.3, -0.25) is 0 Å². The number of para-hydroxylation sites is 5. The van der Waals surface area contributed by atoms with Gasteiger partial charge in [-0.2, -0.15) is 0 Å². The molecule has 4 nitrogen and oxygen atoms in total. The summed E-state index contributed by atoms with van der Waals surface area (Å²) < 4.78 is 9.87. The third-order valence-corrected chi connectivity index (χ3v) is 12.6. The van der Waals surface area contributed by atoms with Gasteiger partial charge in [-0.15, -0.1) is 0 Å². The molecule has 0 fully saturated rings. The lowest BCUT2D eigenvalue weighted by Gasteiger charge is -2.13. The third-order valence-electron chi connectivity index (χ3n) is 12.6. The van der Waals surface area contributed by atoms with E-state index < -0.39 is 0 Å². The van der Waals surface area contributed by atoms with Crippen molar-refractivity contribution in [1.29, 1.82) is 0 Å². The Balaban J connectivity index is 1.10. The van der Waals surface area contributed by atoms with Crippen molar-refractivity contribution in [3.63, 3.8) is 0 Å². The maximum Gasteiger partial charge on any atom is 0.0641 e. The van der Waals surface area contributed by atoms with Gasteiger partial charge in [-0.25, -0.2) is 0 Å². The Bertz CT molecular complexity index is 3660. The lowest BCUT2D eigenvalue weighted by Crippen LogP contribution is -2.02. The maximum absolute atomic E-state index is 2.52. The summed E-state index contributed by atoms with van der Waals surface area (Å²) in [5.74, 6) is 0. The van der Waals surface area contributed by atoms with Crippen LogP contribution >= 0.6 is 0 Å². The lowest BCUT2D eigenvalue weighted by atomic mass is 10.0. The molecule has 8 aromatic carbocycles. The van der Waals surface area contributed by atoms with E-state index in [1.165, 1.54) is 105 Å². The molecule has 0 atom stereocenters. The molecule has 12 aromatic rings. The van der Waals surface area contributed by atoms with Crippen LogP contribution in [0.5, 0.6) is 0 Å². The summed E-state index contributed by atoms with van der Waals surface area (Å²) in [5.41, 5.74) is 15.9. The standard InChI is InChI=1S/C54H36N4/c1-3-15-35(16-4-1)55-46-23-11-8-20-40(46)44-33-37(27-30-50(44)55)57-49-26-14-10-22-43(49)53-52(57)32-29-42-39-19-7-13-25-48(39)58(54(42)53)38-28-31-51-45(34-38)41-21-9-12-24-47(41)56(51)36-17-5-2-6-18-36/h1-10,12-22,24-34H,11,23H2. The number of hydrogen-bond acceptors (Lipinski definition) is 0. The van der Waals surface area contributed by atoms with Crippen LogP contribution in [0, 0.1) is 0 Å². The number of fused-ring (bicyclic) bond motifs is 13. The van der Waals surface area contributed by atoms with Crippen molar-refractivity contribution < 1.29 is 0 Å². The Labute approximate surface area is 334 Å². The molecule has 0 radical (unpaired) electrons. The smallest absolute Gasteiger partial charge is 0.0641 e. The van der Waals surface area contributed by atoms with Crippen molar-refractivity contribution in [3.05, 3.63) is 199 Å². The fraction of sp³-hybridized carbons (Fsp3) is 0.0370. The van der Waals surface area contributed by atoms with Gasteiger partial charge in [0.25, 0.3) is 0 Å². The zero-order valence-corrected chi connectivity index (χ0v) is 31.7. The van der Waals surface area contributed by atoms with Crippen LogP contribution in [0.2, 0.25) is 0 Å². The summed E-state index contributed by atoms with van der Waals surface area (Å²) in [6.07, 6.45) is 6.76. The first-order valence-electron chi connectivity index (χ1n) is 20.3. The highest BCUT2D eigenvalue weighted by molar-refractivity contribution is 6.26. The minimum absolute atomic E-state index is 1.03. The molecule has 1 aliphatic carbocycles. The molecule has 58 heavy (non-hydrogen) atoms. The molecule has 0 bridgehead atoms. The van der Waals surface area contributed by atoms with Crippen LogP contribution in [0.15, 0.2) is 188 Å². The fourth-order valence-electron chi connectivity index (χ4n) is 10.2. The summed E-state index contributed by atoms with van der Waals surface area (Å²) in [6.45, 7) is 0. The summed E-state index contributed by atoms with van der Waals surface area (Å²) in [5, 5.41) is 8.80. The van der Waals surface area contributed by atoms with Crippen molar-refractivity contribution in [2.75, 3.05) is 0 Å². The predicted molar refractivity (Wildman–Crippen MR) is 244 cm³/mol. The molecule has 0 saturated heterocycles. The molecule has 1 aliphatic rings. The van der Waals surface area contributed by atoms with E-state index in [0.29, 0.717) is 0 Å². The van der Waals surface area contributed by atoms with Gasteiger partial charge >= 0.3 is 0 Å². The molecule has 272 valence electrons. The van der Waals surface area contributed by atoms with Crippen LogP contribution in [0.1, 0.15) is 17.7 Å². The second-order valence-electron chi connectivity index (χ2n) is 15.6. The Hall–Kier alpha value is -7.56. The highest BCUT2D eigenvalue weighted by Crippen LogP contribution is 2.44. The number of allylic oxidation sites excluding steroid dienone is 1. The molecule has 0 saturated carbocycles. The summed E-state index contributed by atoms with van der Waals surface area (Å²) in [6, 6.07) is 67.0. The van der Waals surface area contributed by atoms with E-state index in [0.717, 1.165) is 18.5 Å². The predicted octanol–water partition coefficient (Wildman–Crippen LogP) is 13.9. The van der Waals surface area contributed by atoms with E-state index >= 15 is 0 Å². The second-order valence-corrected chi connectivity index (χ2v) is 15.6. The Morgan fingerprint density at radius 2 is 0.828 bits per heavy atom. The number of rotatable bonds is 4. The van der Waals surface area contributed by atoms with Gasteiger partial charge in [-0.05, 0) is 97.8 Å². The monoisotopic (exact) mass is 740 g/mol. The zero-order valence-electron chi connectivity index (χ0n) is 31.7. The van der Waals surface area contributed by atoms with E-state index in [4.69, 9.17) is 0 Å². The molecule has 0 amide bonds. The van der Waals surface area contributed by atoms with E-state index in [1.807, 2.05) is 0 Å². The van der Waals surface area contributed by atoms with Crippen LogP contribution < -0.4 is 0 Å². The van der Waals surface area contributed by atoms with Gasteiger partial charge in [0.15, 0.2) is 0 Å². The second kappa shape index (κ2) is 12.0. The normalized spacial score (nSPS) is 13.0. The average molecular weight is 741 g/mol. The van der Waals surface area contributed by atoms with E-state index in [1.54, 1.807) is 0 Å². The highest BCUT2D eigenvalue weighted by atomic mass is 15.0. The van der Waals surface area contributed by atoms with Crippen molar-refractivity contribution >= 4 is 82.4 Å². The SMILES string of the molecule is C1=Cc2c(n(-c3ccccc3)c3ccc(-n4c5ccccc5c5c4ccc4c6ccccc6n(-c6ccc7c(c6)c6ccccc6n7-c6ccccc6)c45)cc23)CC1. The lowest BCUT2D eigenvalue weighted by molar-refractivity contribution is 0.888. The van der Waals surface area contributed by atoms with Crippen molar-refractivity contribution in [2.45, 2.75) is 12.8 Å². The first-order valence-corrected chi connectivity index (χ1v) is 20.3. The molecular formula is C54H36N4. The minimum atomic E-state index is 1.03. The molecule has 0 aliphatic heterocycles. The molecule has 0 unspecified atom stereocenters. The van der Waals surface area contributed by atoms with Gasteiger partial charge in [0.2, 0.25) is 0 Å². The average Bonchev–Trinajstić information content (AvgIpc) is 4.01. The van der Waals surface area contributed by atoms with Crippen LogP contribution in [-0.4, -0.2) is 18.3 Å². The van der Waals surface area contributed by atoms with Crippen molar-refractivity contribution in [1.82, 2.24) is 18.3 Å². The third kappa shape index (κ3) is 4.29. The molecule has 0 spiro atoms. The molecule has 0 N–H and O–H groups in total. The molecule has 4 heterocycles. The van der Waals surface area contributed by atoms with Crippen LogP contribution in [0.3, 0.4) is 0 Å². The largest absolute Gasteiger partial charge is 0.313 e. The van der Waals surface area contributed by atoms with Crippen LogP contribution in [0.25, 0.3) is 105 Å². The van der Waals surface area contributed by atoms with E-state index in [2.05, 4.69) is 212 Å². The Kier molecular flexibility index (Phi) is 6.53. The molecule has 4 aromatic heterocycles. The van der Waals surface area contributed by atoms with Crippen LogP contribution in [0.4, 0.5) is 0 Å². The Morgan fingerprint density at radius 3 is 1.55 bits per heavy atom. The van der Waals surface area contributed by atoms with Gasteiger partial charge in [0.05, 0.1) is 38.6 Å². The fourth-order valence-corrected chi connectivity index (χ4v) is 10.2. The molecule has 13 rings (SSSR count). The maximum atomic E-state index is 2.52. The number of hydrogen-bond donors (Lipinski definition) is 0. The first kappa shape index (κ1) is 31.6. The highest BCUT2D eigenvalue weighted by Gasteiger charge is 2.24. The van der Waals surface area contributed by atoms with Crippen LogP contribution in [-0.2, 0) is 6.42 Å². The summed E-state index contributed by atoms with van der Waals surface area (Å²) in [4.78, 5) is 0. The van der Waals surface area contributed by atoms with Crippen molar-refractivity contribution in [2.24, 2.45) is 0 Å². The number of aromatic nitrogens is 4. The Morgan fingerprint density at radius 1 is 0.328 bits per heavy atom. The number of nitrogens with zero attached hydrogens (tertiary/aromatic N) is 4. The summed E-state index contributed by atoms with van der Waals surface area (Å²) >= 11 is 0.